The summed E-state index contributed by atoms with van der Waals surface area (Å²) >= 11 is 0. The number of rotatable bonds is 8. The number of carbonyl (C=O) groups excluding carboxylic acids is 1. The lowest BCUT2D eigenvalue weighted by atomic mass is 10.0. The van der Waals surface area contributed by atoms with Crippen LogP contribution in [0.5, 0.6) is 5.75 Å². The molecule has 1 unspecified atom stereocenters. The van der Waals surface area contributed by atoms with Crippen LogP contribution >= 0.6 is 0 Å². The van der Waals surface area contributed by atoms with Gasteiger partial charge in [0.2, 0.25) is 5.91 Å². The van der Waals surface area contributed by atoms with Gasteiger partial charge in [0.05, 0.1) is 24.2 Å². The van der Waals surface area contributed by atoms with Gasteiger partial charge in [-0.15, -0.1) is 0 Å². The first-order valence-electron chi connectivity index (χ1n) is 9.70. The van der Waals surface area contributed by atoms with Gasteiger partial charge in [0.25, 0.3) is 0 Å². The number of benzene rings is 2. The van der Waals surface area contributed by atoms with E-state index in [1.165, 1.54) is 0 Å². The number of hydrogen-bond donors (Lipinski definition) is 1. The molecule has 1 aromatic heterocycles. The van der Waals surface area contributed by atoms with Crippen molar-refractivity contribution in [3.05, 3.63) is 64.6 Å². The Morgan fingerprint density at radius 2 is 1.68 bits per heavy atom. The SMILES string of the molecule is CCC(NC(=O)CCn1c(=O)n(CC)c2ccccc21)c1ccc(OC)cc1. The lowest BCUT2D eigenvalue weighted by Crippen LogP contribution is -2.31. The van der Waals surface area contributed by atoms with E-state index in [1.54, 1.807) is 16.2 Å². The number of fused-ring (bicyclic) bond motifs is 1. The zero-order valence-electron chi connectivity index (χ0n) is 16.6. The molecule has 2 aromatic carbocycles. The van der Waals surface area contributed by atoms with Gasteiger partial charge in [0.15, 0.2) is 0 Å². The molecule has 28 heavy (non-hydrogen) atoms. The number of nitrogens with one attached hydrogen (secondary N) is 1. The molecule has 148 valence electrons. The van der Waals surface area contributed by atoms with Crippen molar-refractivity contribution >= 4 is 16.9 Å². The van der Waals surface area contributed by atoms with Gasteiger partial charge < -0.3 is 10.1 Å². The summed E-state index contributed by atoms with van der Waals surface area (Å²) in [5.74, 6) is 0.722. The van der Waals surface area contributed by atoms with Crippen molar-refractivity contribution in [2.45, 2.75) is 45.8 Å². The Morgan fingerprint density at radius 1 is 1.04 bits per heavy atom. The van der Waals surface area contributed by atoms with E-state index in [9.17, 15) is 9.59 Å². The molecule has 3 rings (SSSR count). The maximum atomic E-state index is 12.7. The molecule has 0 bridgehead atoms. The molecule has 0 fully saturated rings. The van der Waals surface area contributed by atoms with Crippen LogP contribution in [0.25, 0.3) is 11.0 Å². The van der Waals surface area contributed by atoms with E-state index in [1.807, 2.05) is 62.4 Å². The third kappa shape index (κ3) is 3.96. The normalized spacial score (nSPS) is 12.1. The summed E-state index contributed by atoms with van der Waals surface area (Å²) < 4.78 is 8.61. The Balaban J connectivity index is 1.71. The highest BCUT2D eigenvalue weighted by atomic mass is 16.5. The van der Waals surface area contributed by atoms with Crippen LogP contribution in [0.15, 0.2) is 53.3 Å². The number of nitrogens with zero attached hydrogens (tertiary/aromatic N) is 2. The van der Waals surface area contributed by atoms with Gasteiger partial charge in [-0.2, -0.15) is 0 Å². The largest absolute Gasteiger partial charge is 0.497 e. The molecule has 0 aliphatic carbocycles. The van der Waals surface area contributed by atoms with Crippen LogP contribution in [0, 0.1) is 0 Å². The third-order valence-corrected chi connectivity index (χ3v) is 5.07. The standard InChI is InChI=1S/C22H27N3O3/c1-4-18(16-10-12-17(28-3)13-11-16)23-21(26)14-15-25-20-9-7-6-8-19(20)24(5-2)22(25)27/h6-13,18H,4-5,14-15H2,1-3H3,(H,23,26). The molecule has 0 spiro atoms. The van der Waals surface area contributed by atoms with E-state index in [0.717, 1.165) is 28.8 Å². The molecular formula is C22H27N3O3. The minimum atomic E-state index is -0.0707. The Hall–Kier alpha value is -3.02. The highest BCUT2D eigenvalue weighted by Crippen LogP contribution is 2.20. The predicted molar refractivity (Wildman–Crippen MR) is 111 cm³/mol. The molecule has 1 heterocycles. The summed E-state index contributed by atoms with van der Waals surface area (Å²) in [6.07, 6.45) is 1.04. The van der Waals surface area contributed by atoms with E-state index in [0.29, 0.717) is 13.1 Å². The second-order valence-electron chi connectivity index (χ2n) is 6.72. The summed E-state index contributed by atoms with van der Waals surface area (Å²) in [5, 5.41) is 3.08. The van der Waals surface area contributed by atoms with Crippen molar-refractivity contribution in [3.8, 4) is 5.75 Å². The number of aromatic nitrogens is 2. The van der Waals surface area contributed by atoms with Crippen molar-refractivity contribution < 1.29 is 9.53 Å². The van der Waals surface area contributed by atoms with E-state index in [2.05, 4.69) is 5.32 Å². The lowest BCUT2D eigenvalue weighted by Gasteiger charge is -2.18. The van der Waals surface area contributed by atoms with Crippen LogP contribution in [0.4, 0.5) is 0 Å². The number of para-hydroxylation sites is 2. The van der Waals surface area contributed by atoms with Gasteiger partial charge in [-0.3, -0.25) is 13.9 Å². The third-order valence-electron chi connectivity index (χ3n) is 5.07. The molecule has 6 heteroatoms. The Labute approximate surface area is 164 Å². The first kappa shape index (κ1) is 19.7. The molecule has 0 saturated heterocycles. The molecule has 6 nitrogen and oxygen atoms in total. The minimum Gasteiger partial charge on any atom is -0.497 e. The molecule has 1 atom stereocenters. The molecule has 3 aromatic rings. The number of methoxy groups -OCH3 is 1. The van der Waals surface area contributed by atoms with E-state index in [-0.39, 0.29) is 24.1 Å². The van der Waals surface area contributed by atoms with Crippen molar-refractivity contribution in [1.29, 1.82) is 0 Å². The monoisotopic (exact) mass is 381 g/mol. The fraction of sp³-hybridized carbons (Fsp3) is 0.364. The van der Waals surface area contributed by atoms with Crippen LogP contribution in [-0.4, -0.2) is 22.2 Å². The molecule has 1 amide bonds. The zero-order chi connectivity index (χ0) is 20.1. The maximum Gasteiger partial charge on any atom is 0.329 e. The Bertz CT molecular complexity index is 1000. The first-order valence-corrected chi connectivity index (χ1v) is 9.70. The zero-order valence-corrected chi connectivity index (χ0v) is 16.6. The van der Waals surface area contributed by atoms with Crippen molar-refractivity contribution in [3.63, 3.8) is 0 Å². The summed E-state index contributed by atoms with van der Waals surface area (Å²) in [7, 11) is 1.63. The summed E-state index contributed by atoms with van der Waals surface area (Å²) in [4.78, 5) is 25.2. The molecule has 0 radical (unpaired) electrons. The first-order chi connectivity index (χ1) is 13.6. The fourth-order valence-electron chi connectivity index (χ4n) is 3.53. The van der Waals surface area contributed by atoms with Crippen LogP contribution in [0.1, 0.15) is 38.3 Å². The molecule has 0 aliphatic heterocycles. The second kappa shape index (κ2) is 8.78. The van der Waals surface area contributed by atoms with Crippen molar-refractivity contribution in [1.82, 2.24) is 14.5 Å². The van der Waals surface area contributed by atoms with Crippen LogP contribution in [-0.2, 0) is 17.9 Å². The average molecular weight is 381 g/mol. The lowest BCUT2D eigenvalue weighted by molar-refractivity contribution is -0.122. The number of hydrogen-bond acceptors (Lipinski definition) is 3. The second-order valence-corrected chi connectivity index (χ2v) is 6.72. The summed E-state index contributed by atoms with van der Waals surface area (Å²) in [6.45, 7) is 4.95. The average Bonchev–Trinajstić information content (AvgIpc) is 3.01. The number of aryl methyl sites for hydroxylation is 2. The Morgan fingerprint density at radius 3 is 2.25 bits per heavy atom. The summed E-state index contributed by atoms with van der Waals surface area (Å²) in [6, 6.07) is 15.3. The van der Waals surface area contributed by atoms with Gasteiger partial charge in [-0.05, 0) is 43.2 Å². The topological polar surface area (TPSA) is 65.3 Å². The van der Waals surface area contributed by atoms with Gasteiger partial charge in [0, 0.05) is 19.5 Å². The van der Waals surface area contributed by atoms with Crippen molar-refractivity contribution in [2.24, 2.45) is 0 Å². The predicted octanol–water partition coefficient (Wildman–Crippen LogP) is 3.49. The van der Waals surface area contributed by atoms with Crippen LogP contribution in [0.3, 0.4) is 0 Å². The van der Waals surface area contributed by atoms with Gasteiger partial charge >= 0.3 is 5.69 Å². The maximum absolute atomic E-state index is 12.7. The van der Waals surface area contributed by atoms with Gasteiger partial charge in [-0.25, -0.2) is 4.79 Å². The van der Waals surface area contributed by atoms with Crippen molar-refractivity contribution in [2.75, 3.05) is 7.11 Å². The van der Waals surface area contributed by atoms with E-state index >= 15 is 0 Å². The van der Waals surface area contributed by atoms with Crippen LogP contribution in [0.2, 0.25) is 0 Å². The molecule has 1 N–H and O–H groups in total. The quantitative estimate of drug-likeness (QED) is 0.650. The van der Waals surface area contributed by atoms with Gasteiger partial charge in [-0.1, -0.05) is 31.2 Å². The van der Waals surface area contributed by atoms with E-state index in [4.69, 9.17) is 4.74 Å². The molecule has 0 saturated carbocycles. The summed E-state index contributed by atoms with van der Waals surface area (Å²) in [5.41, 5.74) is 2.74. The minimum absolute atomic E-state index is 0.0629. The molecule has 0 aliphatic rings. The number of carbonyl (C=O) groups is 1. The number of imidazole rings is 1. The highest BCUT2D eigenvalue weighted by Gasteiger charge is 2.15. The number of amides is 1. The fourth-order valence-corrected chi connectivity index (χ4v) is 3.53. The Kier molecular flexibility index (Phi) is 6.19. The number of ether oxygens (including phenoxy) is 1. The molecular weight excluding hydrogens is 354 g/mol. The smallest absolute Gasteiger partial charge is 0.329 e. The highest BCUT2D eigenvalue weighted by molar-refractivity contribution is 5.78. The van der Waals surface area contributed by atoms with E-state index < -0.39 is 0 Å². The van der Waals surface area contributed by atoms with Crippen LogP contribution < -0.4 is 15.7 Å². The van der Waals surface area contributed by atoms with Gasteiger partial charge in [0.1, 0.15) is 5.75 Å².